The molecule has 0 bridgehead atoms. The van der Waals surface area contributed by atoms with Gasteiger partial charge in [-0.15, -0.1) is 0 Å². The Labute approximate surface area is 118 Å². The Kier molecular flexibility index (Phi) is 15.0. The number of nitrogens with one attached hydrogen (secondary N) is 1. The molecule has 3 N–H and O–H groups in total. The maximum atomic E-state index is 11.1. The van der Waals surface area contributed by atoms with Crippen LogP contribution in [0, 0.1) is 5.41 Å². The molecule has 0 aromatic carbocycles. The van der Waals surface area contributed by atoms with Gasteiger partial charge in [-0.2, -0.15) is 0 Å². The van der Waals surface area contributed by atoms with E-state index in [1.54, 1.807) is 0 Å². The van der Waals surface area contributed by atoms with Crippen molar-refractivity contribution in [2.75, 3.05) is 40.0 Å². The second-order valence-electron chi connectivity index (χ2n) is 5.22. The van der Waals surface area contributed by atoms with Gasteiger partial charge in [0.15, 0.2) is 0 Å². The quantitative estimate of drug-likeness (QED) is 0.627. The number of rotatable bonds is 9. The summed E-state index contributed by atoms with van der Waals surface area (Å²) in [6, 6.07) is 0. The van der Waals surface area contributed by atoms with Crippen LogP contribution in [0.5, 0.6) is 0 Å². The molecule has 0 aromatic heterocycles. The summed E-state index contributed by atoms with van der Waals surface area (Å²) in [6.07, 6.45) is 2.12. The van der Waals surface area contributed by atoms with Crippen LogP contribution in [-0.2, 0) is 14.3 Å². The molecule has 0 atom stereocenters. The van der Waals surface area contributed by atoms with Crippen LogP contribution in [0.25, 0.3) is 0 Å². The average molecular weight is 276 g/mol. The lowest BCUT2D eigenvalue weighted by Crippen LogP contribution is -2.38. The van der Waals surface area contributed by atoms with E-state index >= 15 is 0 Å². The lowest BCUT2D eigenvalue weighted by molar-refractivity contribution is -0.125. The number of hydrogen-bond donors (Lipinski definition) is 2. The van der Waals surface area contributed by atoms with E-state index in [9.17, 15) is 4.79 Å². The van der Waals surface area contributed by atoms with Gasteiger partial charge in [-0.05, 0) is 19.4 Å². The molecule has 0 aliphatic rings. The molecule has 0 aromatic rings. The summed E-state index contributed by atoms with van der Waals surface area (Å²) in [6.45, 7) is 11.2. The fourth-order valence-electron chi connectivity index (χ4n) is 1.06. The van der Waals surface area contributed by atoms with Gasteiger partial charge >= 0.3 is 0 Å². The molecular formula is C14H32N2O3. The molecule has 0 radical (unpaired) electrons. The zero-order valence-electron chi connectivity index (χ0n) is 13.3. The van der Waals surface area contributed by atoms with Crippen LogP contribution in [0.2, 0.25) is 0 Å². The summed E-state index contributed by atoms with van der Waals surface area (Å²) in [5.41, 5.74) is 5.00. The molecule has 1 amide bonds. The highest BCUT2D eigenvalue weighted by Gasteiger charge is 2.18. The van der Waals surface area contributed by atoms with Crippen molar-refractivity contribution in [2.24, 2.45) is 11.1 Å². The largest absolute Gasteiger partial charge is 0.381 e. The minimum Gasteiger partial charge on any atom is -0.381 e. The third-order valence-electron chi connectivity index (χ3n) is 2.17. The molecule has 0 unspecified atom stereocenters. The summed E-state index contributed by atoms with van der Waals surface area (Å²) in [7, 11) is 1.51. The first-order chi connectivity index (χ1) is 8.93. The van der Waals surface area contributed by atoms with Crippen LogP contribution in [0.1, 0.15) is 40.5 Å². The van der Waals surface area contributed by atoms with Crippen LogP contribution in [0.3, 0.4) is 0 Å². The third-order valence-corrected chi connectivity index (χ3v) is 2.17. The number of ether oxygens (including phenoxy) is 2. The average Bonchev–Trinajstić information content (AvgIpc) is 2.37. The standard InChI is InChI=1S/C11H23NO3.C3H9N/c1-5-6-15-9-11(2,3)8-12-10(13)7-14-4;1-2-3-4/h5-9H2,1-4H3,(H,12,13);2-4H2,1H3. The van der Waals surface area contributed by atoms with E-state index in [0.717, 1.165) is 26.0 Å². The van der Waals surface area contributed by atoms with Crippen molar-refractivity contribution >= 4 is 5.91 Å². The lowest BCUT2D eigenvalue weighted by atomic mass is 9.95. The van der Waals surface area contributed by atoms with E-state index < -0.39 is 0 Å². The van der Waals surface area contributed by atoms with E-state index in [0.29, 0.717) is 13.2 Å². The predicted molar refractivity (Wildman–Crippen MR) is 79.1 cm³/mol. The van der Waals surface area contributed by atoms with Gasteiger partial charge in [0, 0.05) is 25.7 Å². The highest BCUT2D eigenvalue weighted by molar-refractivity contribution is 5.77. The Morgan fingerprint density at radius 2 is 1.84 bits per heavy atom. The van der Waals surface area contributed by atoms with Crippen molar-refractivity contribution in [3.05, 3.63) is 0 Å². The van der Waals surface area contributed by atoms with Crippen molar-refractivity contribution in [1.29, 1.82) is 0 Å². The fourth-order valence-corrected chi connectivity index (χ4v) is 1.06. The summed E-state index contributed by atoms with van der Waals surface area (Å²) >= 11 is 0. The number of hydrogen-bond acceptors (Lipinski definition) is 4. The first-order valence-electron chi connectivity index (χ1n) is 6.97. The van der Waals surface area contributed by atoms with Crippen molar-refractivity contribution < 1.29 is 14.3 Å². The zero-order chi connectivity index (χ0) is 15.1. The van der Waals surface area contributed by atoms with Gasteiger partial charge in [0.2, 0.25) is 5.91 Å². The van der Waals surface area contributed by atoms with Gasteiger partial charge in [0.05, 0.1) is 6.61 Å². The Morgan fingerprint density at radius 3 is 2.26 bits per heavy atom. The van der Waals surface area contributed by atoms with Gasteiger partial charge in [-0.3, -0.25) is 4.79 Å². The van der Waals surface area contributed by atoms with Crippen LogP contribution < -0.4 is 11.1 Å². The smallest absolute Gasteiger partial charge is 0.246 e. The number of nitrogens with two attached hydrogens (primary N) is 1. The van der Waals surface area contributed by atoms with Crippen molar-refractivity contribution in [1.82, 2.24) is 5.32 Å². The molecule has 5 nitrogen and oxygen atoms in total. The molecule has 0 saturated heterocycles. The van der Waals surface area contributed by atoms with E-state index in [-0.39, 0.29) is 17.9 Å². The summed E-state index contributed by atoms with van der Waals surface area (Å²) in [5, 5.41) is 2.81. The Balaban J connectivity index is 0. The van der Waals surface area contributed by atoms with Crippen molar-refractivity contribution in [2.45, 2.75) is 40.5 Å². The van der Waals surface area contributed by atoms with Crippen LogP contribution in [0.15, 0.2) is 0 Å². The van der Waals surface area contributed by atoms with Crippen LogP contribution in [0.4, 0.5) is 0 Å². The van der Waals surface area contributed by atoms with E-state index in [1.165, 1.54) is 7.11 Å². The molecule has 0 heterocycles. The molecule has 0 rings (SSSR count). The summed E-state index contributed by atoms with van der Waals surface area (Å²) < 4.78 is 10.2. The van der Waals surface area contributed by atoms with Crippen LogP contribution in [-0.4, -0.2) is 45.9 Å². The normalized spacial score (nSPS) is 10.6. The monoisotopic (exact) mass is 276 g/mol. The Bertz CT molecular complexity index is 207. The van der Waals surface area contributed by atoms with Crippen LogP contribution >= 0.6 is 0 Å². The zero-order valence-corrected chi connectivity index (χ0v) is 13.3. The molecule has 0 aliphatic carbocycles. The highest BCUT2D eigenvalue weighted by atomic mass is 16.5. The number of amides is 1. The van der Waals surface area contributed by atoms with Crippen molar-refractivity contribution in [3.63, 3.8) is 0 Å². The van der Waals surface area contributed by atoms with Gasteiger partial charge in [0.25, 0.3) is 0 Å². The molecule has 0 spiro atoms. The predicted octanol–water partition coefficient (Wildman–Crippen LogP) is 1.56. The molecule has 116 valence electrons. The molecule has 0 aliphatic heterocycles. The van der Waals surface area contributed by atoms with Gasteiger partial charge in [-0.25, -0.2) is 0 Å². The molecule has 0 fully saturated rings. The number of methoxy groups -OCH3 is 1. The second-order valence-corrected chi connectivity index (χ2v) is 5.22. The molecule has 5 heteroatoms. The molecule has 0 saturated carbocycles. The maximum absolute atomic E-state index is 11.1. The Hall–Kier alpha value is -0.650. The molecule has 19 heavy (non-hydrogen) atoms. The third kappa shape index (κ3) is 17.4. The minimum absolute atomic E-state index is 0.0292. The summed E-state index contributed by atoms with van der Waals surface area (Å²) in [4.78, 5) is 11.1. The number of carbonyl (C=O) groups is 1. The van der Waals surface area contributed by atoms with Gasteiger partial charge in [0.1, 0.15) is 6.61 Å². The molecular weight excluding hydrogens is 244 g/mol. The minimum atomic E-state index is -0.0823. The van der Waals surface area contributed by atoms with Crippen molar-refractivity contribution in [3.8, 4) is 0 Å². The van der Waals surface area contributed by atoms with E-state index in [1.807, 2.05) is 0 Å². The van der Waals surface area contributed by atoms with Gasteiger partial charge in [-0.1, -0.05) is 27.7 Å². The van der Waals surface area contributed by atoms with E-state index in [2.05, 4.69) is 33.0 Å². The van der Waals surface area contributed by atoms with E-state index in [4.69, 9.17) is 15.2 Å². The Morgan fingerprint density at radius 1 is 1.26 bits per heavy atom. The SMILES string of the molecule is CCCN.CCCOCC(C)(C)CNC(=O)COC. The highest BCUT2D eigenvalue weighted by Crippen LogP contribution is 2.13. The summed E-state index contributed by atoms with van der Waals surface area (Å²) in [5.74, 6) is -0.0823. The first-order valence-corrected chi connectivity index (χ1v) is 6.97. The lowest BCUT2D eigenvalue weighted by Gasteiger charge is -2.24. The first kappa shape index (κ1) is 20.7. The second kappa shape index (κ2) is 13.8. The topological polar surface area (TPSA) is 73.6 Å². The fraction of sp³-hybridized carbons (Fsp3) is 0.929. The van der Waals surface area contributed by atoms with Gasteiger partial charge < -0.3 is 20.5 Å². The number of carbonyl (C=O) groups excluding carboxylic acids is 1. The maximum Gasteiger partial charge on any atom is 0.246 e.